The fourth-order valence-corrected chi connectivity index (χ4v) is 1.59. The van der Waals surface area contributed by atoms with Gasteiger partial charge in [0.15, 0.2) is 0 Å². The number of allylic oxidation sites excluding steroid dienone is 1. The van der Waals surface area contributed by atoms with Gasteiger partial charge in [0.25, 0.3) is 0 Å². The Morgan fingerprint density at radius 2 is 2.15 bits per heavy atom. The summed E-state index contributed by atoms with van der Waals surface area (Å²) in [5.74, 6) is 0. The van der Waals surface area contributed by atoms with Crippen molar-refractivity contribution < 1.29 is 0 Å². The molecule has 1 aromatic rings. The highest BCUT2D eigenvalue weighted by Gasteiger charge is 2.09. The molecule has 0 saturated carbocycles. The van der Waals surface area contributed by atoms with Gasteiger partial charge in [-0.2, -0.15) is 0 Å². The fraction of sp³-hybridized carbons (Fsp3) is 0.167. The van der Waals surface area contributed by atoms with E-state index in [2.05, 4.69) is 36.7 Å². The van der Waals surface area contributed by atoms with Crippen molar-refractivity contribution in [3.63, 3.8) is 0 Å². The molecule has 66 valence electrons. The second-order valence-electron chi connectivity index (χ2n) is 3.35. The minimum absolute atomic E-state index is 1.04. The Balaban J connectivity index is 2.43. The van der Waals surface area contributed by atoms with Crippen LogP contribution in [0.1, 0.15) is 17.5 Å². The topological polar surface area (TPSA) is 12.0 Å². The molecule has 0 unspecified atom stereocenters. The predicted molar refractivity (Wildman–Crippen MR) is 57.6 cm³/mol. The second-order valence-corrected chi connectivity index (χ2v) is 3.35. The molecule has 0 amide bonds. The van der Waals surface area contributed by atoms with Gasteiger partial charge in [-0.1, -0.05) is 31.4 Å². The van der Waals surface area contributed by atoms with Crippen LogP contribution >= 0.6 is 0 Å². The molecular formula is C12H13N. The highest BCUT2D eigenvalue weighted by Crippen LogP contribution is 2.26. The number of fused-ring (bicyclic) bond motifs is 1. The molecule has 0 fully saturated rings. The summed E-state index contributed by atoms with van der Waals surface area (Å²) in [6.07, 6.45) is 4.00. The largest absolute Gasteiger partial charge is 0.359 e. The number of hydrogen-bond donors (Lipinski definition) is 1. The summed E-state index contributed by atoms with van der Waals surface area (Å²) in [6.45, 7) is 7.68. The van der Waals surface area contributed by atoms with E-state index in [-0.39, 0.29) is 0 Å². The zero-order valence-electron chi connectivity index (χ0n) is 7.64. The van der Waals surface area contributed by atoms with Gasteiger partial charge in [0.2, 0.25) is 0 Å². The molecule has 0 saturated heterocycles. The van der Waals surface area contributed by atoms with Crippen molar-refractivity contribution in [1.82, 2.24) is 0 Å². The molecule has 1 heteroatoms. The number of anilines is 1. The summed E-state index contributed by atoms with van der Waals surface area (Å²) in [7, 11) is 0. The molecular weight excluding hydrogens is 158 g/mol. The van der Waals surface area contributed by atoms with Gasteiger partial charge in [0, 0.05) is 11.4 Å². The molecule has 0 aliphatic carbocycles. The average molecular weight is 171 g/mol. The minimum atomic E-state index is 1.04. The maximum Gasteiger partial charge on any atom is 0.0420 e. The van der Waals surface area contributed by atoms with Crippen molar-refractivity contribution in [2.24, 2.45) is 0 Å². The van der Waals surface area contributed by atoms with E-state index in [1.165, 1.54) is 11.3 Å². The monoisotopic (exact) mass is 171 g/mol. The number of benzene rings is 1. The Kier molecular flexibility index (Phi) is 1.93. The molecule has 1 heterocycles. The summed E-state index contributed by atoms with van der Waals surface area (Å²) < 4.78 is 0. The van der Waals surface area contributed by atoms with Crippen LogP contribution in [0.4, 0.5) is 5.69 Å². The van der Waals surface area contributed by atoms with Crippen LogP contribution in [0.25, 0.3) is 6.08 Å². The van der Waals surface area contributed by atoms with Gasteiger partial charge in [0.05, 0.1) is 0 Å². The molecule has 0 bridgehead atoms. The Bertz CT molecular complexity index is 363. The summed E-state index contributed by atoms with van der Waals surface area (Å²) in [4.78, 5) is 0. The van der Waals surface area contributed by atoms with E-state index < -0.39 is 0 Å². The summed E-state index contributed by atoms with van der Waals surface area (Å²) in [5.41, 5.74) is 4.82. The first-order valence-corrected chi connectivity index (χ1v) is 4.50. The lowest BCUT2D eigenvalue weighted by atomic mass is 10.00. The number of aryl methyl sites for hydroxylation is 1. The quantitative estimate of drug-likeness (QED) is 0.684. The van der Waals surface area contributed by atoms with E-state index >= 15 is 0 Å². The number of rotatable bonds is 1. The van der Waals surface area contributed by atoms with Gasteiger partial charge in [-0.05, 0) is 30.0 Å². The van der Waals surface area contributed by atoms with Crippen molar-refractivity contribution in [1.29, 1.82) is 0 Å². The zero-order valence-corrected chi connectivity index (χ0v) is 7.64. The Morgan fingerprint density at radius 1 is 1.31 bits per heavy atom. The zero-order chi connectivity index (χ0) is 9.26. The summed E-state index contributed by atoms with van der Waals surface area (Å²) >= 11 is 0. The lowest BCUT2D eigenvalue weighted by Crippen LogP contribution is -2.08. The maximum absolute atomic E-state index is 3.93. The molecule has 0 atom stereocenters. The average Bonchev–Trinajstić information content (AvgIpc) is 2.16. The van der Waals surface area contributed by atoms with Crippen molar-refractivity contribution in [3.05, 3.63) is 48.2 Å². The van der Waals surface area contributed by atoms with Gasteiger partial charge >= 0.3 is 0 Å². The highest BCUT2D eigenvalue weighted by atomic mass is 14.9. The molecule has 0 spiro atoms. The van der Waals surface area contributed by atoms with Crippen LogP contribution in [0.3, 0.4) is 0 Å². The highest BCUT2D eigenvalue weighted by molar-refractivity contribution is 5.63. The summed E-state index contributed by atoms with van der Waals surface area (Å²) in [5, 5.41) is 3.29. The smallest absolute Gasteiger partial charge is 0.0420 e. The van der Waals surface area contributed by atoms with E-state index in [9.17, 15) is 0 Å². The normalized spacial score (nSPS) is 14.6. The number of hydrogen-bond acceptors (Lipinski definition) is 1. The van der Waals surface area contributed by atoms with Crippen LogP contribution < -0.4 is 5.32 Å². The van der Waals surface area contributed by atoms with Gasteiger partial charge < -0.3 is 5.32 Å². The van der Waals surface area contributed by atoms with Crippen molar-refractivity contribution in [2.75, 3.05) is 5.32 Å². The molecule has 0 radical (unpaired) electrons. The number of nitrogens with one attached hydrogen (secondary N) is 1. The first kappa shape index (κ1) is 8.11. The second kappa shape index (κ2) is 3.09. The van der Waals surface area contributed by atoms with Crippen LogP contribution in [0.15, 0.2) is 37.1 Å². The first-order valence-electron chi connectivity index (χ1n) is 4.50. The van der Waals surface area contributed by atoms with E-state index in [1.807, 2.05) is 6.08 Å². The molecule has 1 N–H and O–H groups in total. The van der Waals surface area contributed by atoms with Gasteiger partial charge in [-0.25, -0.2) is 0 Å². The molecule has 1 nitrogen and oxygen atoms in total. The molecule has 1 aliphatic heterocycles. The van der Waals surface area contributed by atoms with Crippen molar-refractivity contribution >= 4 is 11.8 Å². The first-order chi connectivity index (χ1) is 6.29. The minimum Gasteiger partial charge on any atom is -0.359 e. The third-order valence-electron chi connectivity index (χ3n) is 2.38. The Labute approximate surface area is 78.8 Å². The molecule has 1 aromatic carbocycles. The third-order valence-corrected chi connectivity index (χ3v) is 2.38. The van der Waals surface area contributed by atoms with E-state index in [4.69, 9.17) is 0 Å². The molecule has 13 heavy (non-hydrogen) atoms. The third kappa shape index (κ3) is 1.50. The fourth-order valence-electron chi connectivity index (χ4n) is 1.59. The van der Waals surface area contributed by atoms with Crippen LogP contribution in [0, 0.1) is 0 Å². The Morgan fingerprint density at radius 3 is 2.92 bits per heavy atom. The van der Waals surface area contributed by atoms with Crippen molar-refractivity contribution in [3.8, 4) is 0 Å². The van der Waals surface area contributed by atoms with E-state index in [0.29, 0.717) is 0 Å². The lowest BCUT2D eigenvalue weighted by Gasteiger charge is -2.20. The molecule has 0 aromatic heterocycles. The van der Waals surface area contributed by atoms with Gasteiger partial charge in [-0.15, -0.1) is 0 Å². The van der Waals surface area contributed by atoms with Crippen LogP contribution in [-0.4, -0.2) is 0 Å². The lowest BCUT2D eigenvalue weighted by molar-refractivity contribution is 0.918. The standard InChI is InChI=1S/C12H13N/c1-3-10-5-7-11-6-4-9(2)13-12(11)8-10/h3,5,7-8,13H,1-2,4,6H2. The van der Waals surface area contributed by atoms with Gasteiger partial charge in [0.1, 0.15) is 0 Å². The maximum atomic E-state index is 3.93. The molecule has 1 aliphatic rings. The van der Waals surface area contributed by atoms with E-state index in [0.717, 1.165) is 24.1 Å². The van der Waals surface area contributed by atoms with Crippen molar-refractivity contribution in [2.45, 2.75) is 12.8 Å². The predicted octanol–water partition coefficient (Wildman–Crippen LogP) is 3.20. The van der Waals surface area contributed by atoms with Gasteiger partial charge in [-0.3, -0.25) is 0 Å². The SMILES string of the molecule is C=Cc1ccc2c(c1)NC(=C)CC2. The summed E-state index contributed by atoms with van der Waals surface area (Å²) in [6, 6.07) is 6.38. The molecule has 2 rings (SSSR count). The van der Waals surface area contributed by atoms with Crippen LogP contribution in [0.5, 0.6) is 0 Å². The Hall–Kier alpha value is -1.50. The van der Waals surface area contributed by atoms with E-state index in [1.54, 1.807) is 0 Å². The van der Waals surface area contributed by atoms with Crippen LogP contribution in [-0.2, 0) is 6.42 Å². The van der Waals surface area contributed by atoms with Crippen LogP contribution in [0.2, 0.25) is 0 Å².